The summed E-state index contributed by atoms with van der Waals surface area (Å²) in [6.07, 6.45) is 5.04. The van der Waals surface area contributed by atoms with Crippen molar-refractivity contribution in [3.05, 3.63) is 16.1 Å². The normalized spacial score (nSPS) is 17.8. The Hall–Kier alpha value is -0.990. The standard InChI is InChI=1S/C13H21N3O3S2/c1-10-15-9-12(20-10)3-6-14-13(17)11-4-7-16(8-5-11)21(2,18)19/h9,11H,3-8H2,1-2H3,(H,14,17). The number of rotatable bonds is 5. The van der Waals surface area contributed by atoms with Gasteiger partial charge in [-0.25, -0.2) is 17.7 Å². The molecular weight excluding hydrogens is 310 g/mol. The van der Waals surface area contributed by atoms with Crippen LogP contribution in [0.3, 0.4) is 0 Å². The van der Waals surface area contributed by atoms with E-state index in [1.165, 1.54) is 15.4 Å². The third-order valence-electron chi connectivity index (χ3n) is 3.63. The van der Waals surface area contributed by atoms with Crippen LogP contribution in [0.25, 0.3) is 0 Å². The molecule has 1 saturated heterocycles. The summed E-state index contributed by atoms with van der Waals surface area (Å²) in [6, 6.07) is 0. The Balaban J connectivity index is 1.72. The fraction of sp³-hybridized carbons (Fsp3) is 0.692. The molecule has 1 aliphatic rings. The molecule has 0 bridgehead atoms. The van der Waals surface area contributed by atoms with E-state index < -0.39 is 10.0 Å². The van der Waals surface area contributed by atoms with E-state index in [0.717, 1.165) is 11.4 Å². The molecule has 1 fully saturated rings. The molecule has 0 atom stereocenters. The molecule has 0 unspecified atom stereocenters. The smallest absolute Gasteiger partial charge is 0.223 e. The monoisotopic (exact) mass is 331 g/mol. The Kier molecular flexibility index (Phi) is 5.34. The lowest BCUT2D eigenvalue weighted by atomic mass is 9.97. The van der Waals surface area contributed by atoms with E-state index in [1.54, 1.807) is 11.3 Å². The van der Waals surface area contributed by atoms with E-state index in [9.17, 15) is 13.2 Å². The summed E-state index contributed by atoms with van der Waals surface area (Å²) < 4.78 is 24.3. The zero-order valence-electron chi connectivity index (χ0n) is 12.3. The first-order valence-electron chi connectivity index (χ1n) is 7.00. The van der Waals surface area contributed by atoms with Crippen molar-refractivity contribution in [2.75, 3.05) is 25.9 Å². The molecule has 2 rings (SSSR count). The van der Waals surface area contributed by atoms with Gasteiger partial charge < -0.3 is 5.32 Å². The van der Waals surface area contributed by atoms with E-state index in [-0.39, 0.29) is 11.8 Å². The maximum absolute atomic E-state index is 12.1. The Bertz CT molecular complexity index is 590. The number of nitrogens with zero attached hydrogens (tertiary/aromatic N) is 2. The number of piperidine rings is 1. The number of nitrogens with one attached hydrogen (secondary N) is 1. The molecular formula is C13H21N3O3S2. The summed E-state index contributed by atoms with van der Waals surface area (Å²) >= 11 is 1.64. The van der Waals surface area contributed by atoms with Crippen LogP contribution in [0.4, 0.5) is 0 Å². The van der Waals surface area contributed by atoms with Crippen LogP contribution in [0.2, 0.25) is 0 Å². The molecule has 118 valence electrons. The van der Waals surface area contributed by atoms with Gasteiger partial charge in [-0.05, 0) is 19.8 Å². The molecule has 6 nitrogen and oxygen atoms in total. The molecule has 1 amide bonds. The third-order valence-corrected chi connectivity index (χ3v) is 5.91. The van der Waals surface area contributed by atoms with Crippen LogP contribution in [0.5, 0.6) is 0 Å². The van der Waals surface area contributed by atoms with Gasteiger partial charge in [0.05, 0.1) is 11.3 Å². The number of carbonyl (C=O) groups is 1. The number of aryl methyl sites for hydroxylation is 1. The van der Waals surface area contributed by atoms with Crippen LogP contribution in [0.15, 0.2) is 6.20 Å². The molecule has 1 aromatic heterocycles. The van der Waals surface area contributed by atoms with Gasteiger partial charge >= 0.3 is 0 Å². The van der Waals surface area contributed by atoms with Crippen LogP contribution in [0.1, 0.15) is 22.7 Å². The Morgan fingerprint density at radius 3 is 2.67 bits per heavy atom. The van der Waals surface area contributed by atoms with Gasteiger partial charge in [0.1, 0.15) is 0 Å². The SMILES string of the molecule is Cc1ncc(CCNC(=O)C2CCN(S(C)(=O)=O)CC2)s1. The number of aromatic nitrogens is 1. The maximum Gasteiger partial charge on any atom is 0.223 e. The number of hydrogen-bond acceptors (Lipinski definition) is 5. The number of thiazole rings is 1. The summed E-state index contributed by atoms with van der Waals surface area (Å²) in [5.41, 5.74) is 0. The average Bonchev–Trinajstić information content (AvgIpc) is 2.83. The molecule has 0 spiro atoms. The molecule has 0 saturated carbocycles. The zero-order chi connectivity index (χ0) is 15.5. The van der Waals surface area contributed by atoms with Crippen molar-refractivity contribution >= 4 is 27.3 Å². The second-order valence-corrected chi connectivity index (χ2v) is 8.62. The minimum Gasteiger partial charge on any atom is -0.355 e. The average molecular weight is 331 g/mol. The number of amides is 1. The first-order chi connectivity index (χ1) is 9.86. The highest BCUT2D eigenvalue weighted by atomic mass is 32.2. The number of carbonyl (C=O) groups excluding carboxylic acids is 1. The highest BCUT2D eigenvalue weighted by Gasteiger charge is 2.28. The summed E-state index contributed by atoms with van der Waals surface area (Å²) in [5.74, 6) is -0.0458. The Labute approximate surface area is 129 Å². The molecule has 1 N–H and O–H groups in total. The third kappa shape index (κ3) is 4.76. The van der Waals surface area contributed by atoms with Crippen molar-refractivity contribution in [1.29, 1.82) is 0 Å². The van der Waals surface area contributed by atoms with Gasteiger partial charge in [0, 0.05) is 43.0 Å². The molecule has 2 heterocycles. The molecule has 8 heteroatoms. The lowest BCUT2D eigenvalue weighted by molar-refractivity contribution is -0.126. The predicted octanol–water partition coefficient (Wildman–Crippen LogP) is 0.782. The first kappa shape index (κ1) is 16.4. The van der Waals surface area contributed by atoms with E-state index in [4.69, 9.17) is 0 Å². The van der Waals surface area contributed by atoms with Crippen molar-refractivity contribution < 1.29 is 13.2 Å². The van der Waals surface area contributed by atoms with Gasteiger partial charge in [0.25, 0.3) is 0 Å². The quantitative estimate of drug-likeness (QED) is 0.865. The molecule has 0 aliphatic carbocycles. The number of sulfonamides is 1. The van der Waals surface area contributed by atoms with E-state index in [0.29, 0.717) is 32.5 Å². The van der Waals surface area contributed by atoms with Crippen LogP contribution in [-0.4, -0.2) is 49.5 Å². The summed E-state index contributed by atoms with van der Waals surface area (Å²) in [7, 11) is -3.13. The van der Waals surface area contributed by atoms with Gasteiger partial charge in [-0.1, -0.05) is 0 Å². The van der Waals surface area contributed by atoms with Gasteiger partial charge in [-0.15, -0.1) is 11.3 Å². The highest BCUT2D eigenvalue weighted by Crippen LogP contribution is 2.19. The van der Waals surface area contributed by atoms with Crippen molar-refractivity contribution in [2.45, 2.75) is 26.2 Å². The van der Waals surface area contributed by atoms with E-state index >= 15 is 0 Å². The van der Waals surface area contributed by atoms with Crippen molar-refractivity contribution in [2.24, 2.45) is 5.92 Å². The summed E-state index contributed by atoms with van der Waals surface area (Å²) in [6.45, 7) is 3.44. The van der Waals surface area contributed by atoms with Crippen molar-refractivity contribution in [3.8, 4) is 0 Å². The zero-order valence-corrected chi connectivity index (χ0v) is 14.0. The fourth-order valence-electron chi connectivity index (χ4n) is 2.42. The highest BCUT2D eigenvalue weighted by molar-refractivity contribution is 7.88. The summed E-state index contributed by atoms with van der Waals surface area (Å²) in [5, 5.41) is 3.97. The van der Waals surface area contributed by atoms with Gasteiger partial charge in [-0.3, -0.25) is 4.79 Å². The Morgan fingerprint density at radius 1 is 1.48 bits per heavy atom. The van der Waals surface area contributed by atoms with E-state index in [1.807, 2.05) is 13.1 Å². The lowest BCUT2D eigenvalue weighted by Gasteiger charge is -2.29. The van der Waals surface area contributed by atoms with Crippen molar-refractivity contribution in [1.82, 2.24) is 14.6 Å². The molecule has 0 aromatic carbocycles. The van der Waals surface area contributed by atoms with Crippen LogP contribution >= 0.6 is 11.3 Å². The second-order valence-electron chi connectivity index (χ2n) is 5.32. The molecule has 1 aliphatic heterocycles. The second kappa shape index (κ2) is 6.85. The minimum absolute atomic E-state index is 0.0318. The Morgan fingerprint density at radius 2 is 2.14 bits per heavy atom. The lowest BCUT2D eigenvalue weighted by Crippen LogP contribution is -2.42. The topological polar surface area (TPSA) is 79.4 Å². The molecule has 0 radical (unpaired) electrons. The van der Waals surface area contributed by atoms with Crippen LogP contribution in [-0.2, 0) is 21.2 Å². The van der Waals surface area contributed by atoms with Crippen LogP contribution < -0.4 is 5.32 Å². The largest absolute Gasteiger partial charge is 0.355 e. The predicted molar refractivity (Wildman–Crippen MR) is 82.7 cm³/mol. The fourth-order valence-corrected chi connectivity index (χ4v) is 4.09. The summed E-state index contributed by atoms with van der Waals surface area (Å²) in [4.78, 5) is 17.4. The van der Waals surface area contributed by atoms with Gasteiger partial charge in [0.2, 0.25) is 15.9 Å². The van der Waals surface area contributed by atoms with Crippen molar-refractivity contribution in [3.63, 3.8) is 0 Å². The maximum atomic E-state index is 12.1. The molecule has 21 heavy (non-hydrogen) atoms. The van der Waals surface area contributed by atoms with Crippen LogP contribution in [0, 0.1) is 12.8 Å². The first-order valence-corrected chi connectivity index (χ1v) is 9.67. The molecule has 1 aromatic rings. The van der Waals surface area contributed by atoms with E-state index in [2.05, 4.69) is 10.3 Å². The minimum atomic E-state index is -3.13. The van der Waals surface area contributed by atoms with Gasteiger partial charge in [0.15, 0.2) is 0 Å². The van der Waals surface area contributed by atoms with Gasteiger partial charge in [-0.2, -0.15) is 0 Å². The number of hydrogen-bond donors (Lipinski definition) is 1.